The highest BCUT2D eigenvalue weighted by atomic mass is 35.5. The van der Waals surface area contributed by atoms with Crippen molar-refractivity contribution < 1.29 is 23.9 Å². The average Bonchev–Trinajstić information content (AvgIpc) is 3.29. The molecule has 0 bridgehead atoms. The minimum absolute atomic E-state index is 0.303. The molecule has 1 aliphatic carbocycles. The third-order valence-corrected chi connectivity index (χ3v) is 5.00. The van der Waals surface area contributed by atoms with Crippen LogP contribution in [0.4, 0.5) is 4.39 Å². The number of carbonyl (C=O) groups is 1. The smallest absolute Gasteiger partial charge is 0.282 e. The highest BCUT2D eigenvalue weighted by molar-refractivity contribution is 6.32. The van der Waals surface area contributed by atoms with Crippen molar-refractivity contribution in [2.24, 2.45) is 0 Å². The van der Waals surface area contributed by atoms with Crippen molar-refractivity contribution in [3.8, 4) is 11.5 Å². The number of nitrogens with one attached hydrogen (secondary N) is 1. The van der Waals surface area contributed by atoms with Gasteiger partial charge in [0.1, 0.15) is 13.2 Å². The van der Waals surface area contributed by atoms with Crippen molar-refractivity contribution in [2.45, 2.75) is 17.5 Å². The van der Waals surface area contributed by atoms with E-state index in [1.165, 1.54) is 5.48 Å². The first-order chi connectivity index (χ1) is 12.1. The predicted octanol–water partition coefficient (Wildman–Crippen LogP) is 3.21. The normalized spacial score (nSPS) is 26.8. The molecule has 5 nitrogen and oxygen atoms in total. The van der Waals surface area contributed by atoms with Gasteiger partial charge in [0.25, 0.3) is 5.91 Å². The van der Waals surface area contributed by atoms with E-state index < -0.39 is 23.4 Å². The third-order valence-electron chi connectivity index (χ3n) is 4.72. The van der Waals surface area contributed by atoms with E-state index in [0.29, 0.717) is 40.9 Å². The third kappa shape index (κ3) is 2.44. The first kappa shape index (κ1) is 16.2. The minimum Gasteiger partial charge on any atom is -0.486 e. The lowest BCUT2D eigenvalue weighted by Crippen LogP contribution is -2.33. The van der Waals surface area contributed by atoms with Gasteiger partial charge >= 0.3 is 0 Å². The zero-order valence-corrected chi connectivity index (χ0v) is 13.8. The SMILES string of the molecule is O=C(NO)C1(F)[C@H](c2ccccc2)[C@H]1c1cc(Cl)c2c(c1)OCCO2. The molecular formula is C18H15ClFNO4. The minimum atomic E-state index is -2.26. The summed E-state index contributed by atoms with van der Waals surface area (Å²) in [6.07, 6.45) is 0. The van der Waals surface area contributed by atoms with Gasteiger partial charge in [-0.1, -0.05) is 41.9 Å². The maximum Gasteiger partial charge on any atom is 0.282 e. The van der Waals surface area contributed by atoms with Gasteiger partial charge in [0.15, 0.2) is 11.5 Å². The second kappa shape index (κ2) is 5.89. The van der Waals surface area contributed by atoms with Gasteiger partial charge in [0.05, 0.1) is 5.02 Å². The van der Waals surface area contributed by atoms with Gasteiger partial charge in [-0.15, -0.1) is 0 Å². The first-order valence-corrected chi connectivity index (χ1v) is 8.22. The monoisotopic (exact) mass is 363 g/mol. The van der Waals surface area contributed by atoms with E-state index >= 15 is 4.39 Å². The number of hydroxylamine groups is 1. The summed E-state index contributed by atoms with van der Waals surface area (Å²) in [6.45, 7) is 0.763. The van der Waals surface area contributed by atoms with E-state index in [-0.39, 0.29) is 0 Å². The van der Waals surface area contributed by atoms with Crippen LogP contribution in [0.25, 0.3) is 0 Å². The lowest BCUT2D eigenvalue weighted by Gasteiger charge is -2.20. The molecule has 0 radical (unpaired) electrons. The van der Waals surface area contributed by atoms with E-state index in [4.69, 9.17) is 26.3 Å². The number of hydrogen-bond donors (Lipinski definition) is 2. The van der Waals surface area contributed by atoms with E-state index in [2.05, 4.69) is 0 Å². The molecule has 2 aromatic rings. The Hall–Kier alpha value is -2.31. The molecule has 1 unspecified atom stereocenters. The summed E-state index contributed by atoms with van der Waals surface area (Å²) in [7, 11) is 0. The van der Waals surface area contributed by atoms with Crippen LogP contribution in [0.2, 0.25) is 5.02 Å². The molecule has 1 fully saturated rings. The number of hydrogen-bond acceptors (Lipinski definition) is 4. The largest absolute Gasteiger partial charge is 0.486 e. The standard InChI is InChI=1S/C18H15ClFNO4/c19-12-8-11(9-13-16(12)25-7-6-24-13)15-14(10-4-2-1-3-5-10)18(15,20)17(22)21-23/h1-5,8-9,14-15,23H,6-7H2,(H,21,22)/t14-,15-,18?/m1/s1. The van der Waals surface area contributed by atoms with Crippen LogP contribution in [-0.2, 0) is 4.79 Å². The Balaban J connectivity index is 1.78. The van der Waals surface area contributed by atoms with Crippen molar-refractivity contribution in [3.63, 3.8) is 0 Å². The van der Waals surface area contributed by atoms with Gasteiger partial charge in [-0.2, -0.15) is 0 Å². The number of ether oxygens (including phenoxy) is 2. The van der Waals surface area contributed by atoms with Crippen molar-refractivity contribution in [1.82, 2.24) is 5.48 Å². The van der Waals surface area contributed by atoms with Crippen molar-refractivity contribution in [2.75, 3.05) is 13.2 Å². The number of benzene rings is 2. The molecule has 1 aliphatic heterocycles. The van der Waals surface area contributed by atoms with E-state index in [9.17, 15) is 4.79 Å². The molecule has 130 valence electrons. The highest BCUT2D eigenvalue weighted by Gasteiger charge is 2.72. The van der Waals surface area contributed by atoms with Crippen LogP contribution in [0.15, 0.2) is 42.5 Å². The number of carbonyl (C=O) groups excluding carboxylic acids is 1. The fraction of sp³-hybridized carbons (Fsp3) is 0.278. The summed E-state index contributed by atoms with van der Waals surface area (Å²) in [4.78, 5) is 12.0. The zero-order valence-electron chi connectivity index (χ0n) is 13.0. The predicted molar refractivity (Wildman–Crippen MR) is 88.1 cm³/mol. The highest BCUT2D eigenvalue weighted by Crippen LogP contribution is 2.67. The Morgan fingerprint density at radius 3 is 2.56 bits per heavy atom. The number of alkyl halides is 1. The van der Waals surface area contributed by atoms with Crippen LogP contribution < -0.4 is 15.0 Å². The number of amides is 1. The quantitative estimate of drug-likeness (QED) is 0.649. The Bertz CT molecular complexity index is 831. The summed E-state index contributed by atoms with van der Waals surface area (Å²) >= 11 is 6.24. The van der Waals surface area contributed by atoms with E-state index in [0.717, 1.165) is 0 Å². The number of fused-ring (bicyclic) bond motifs is 1. The Labute approximate surface area is 148 Å². The first-order valence-electron chi connectivity index (χ1n) is 7.84. The van der Waals surface area contributed by atoms with Crippen LogP contribution in [0.1, 0.15) is 23.0 Å². The van der Waals surface area contributed by atoms with Gasteiger partial charge < -0.3 is 9.47 Å². The molecule has 25 heavy (non-hydrogen) atoms. The molecular weight excluding hydrogens is 349 g/mol. The molecule has 7 heteroatoms. The van der Waals surface area contributed by atoms with Crippen molar-refractivity contribution in [3.05, 3.63) is 58.6 Å². The Kier molecular flexibility index (Phi) is 3.81. The summed E-state index contributed by atoms with van der Waals surface area (Å²) in [5.74, 6) is -1.73. The molecule has 0 saturated heterocycles. The van der Waals surface area contributed by atoms with Gasteiger partial charge in [-0.25, -0.2) is 9.87 Å². The Morgan fingerprint density at radius 1 is 1.16 bits per heavy atom. The summed E-state index contributed by atoms with van der Waals surface area (Å²) in [6, 6.07) is 12.1. The van der Waals surface area contributed by atoms with E-state index in [1.54, 1.807) is 36.4 Å². The van der Waals surface area contributed by atoms with Crippen LogP contribution in [0.5, 0.6) is 11.5 Å². The number of rotatable bonds is 3. The molecule has 4 rings (SSSR count). The fourth-order valence-corrected chi connectivity index (χ4v) is 3.84. The lowest BCUT2D eigenvalue weighted by atomic mass is 10.0. The van der Waals surface area contributed by atoms with Crippen LogP contribution in [-0.4, -0.2) is 30.0 Å². The lowest BCUT2D eigenvalue weighted by molar-refractivity contribution is -0.136. The summed E-state index contributed by atoms with van der Waals surface area (Å²) in [5.41, 5.74) is 0.374. The van der Waals surface area contributed by atoms with Crippen LogP contribution in [0.3, 0.4) is 0 Å². The van der Waals surface area contributed by atoms with Gasteiger partial charge in [0, 0.05) is 11.8 Å². The van der Waals surface area contributed by atoms with E-state index in [1.807, 2.05) is 6.07 Å². The molecule has 2 aliphatic rings. The summed E-state index contributed by atoms with van der Waals surface area (Å²) < 4.78 is 26.5. The van der Waals surface area contributed by atoms with Gasteiger partial charge in [0.2, 0.25) is 5.67 Å². The van der Waals surface area contributed by atoms with Crippen molar-refractivity contribution in [1.29, 1.82) is 0 Å². The van der Waals surface area contributed by atoms with Gasteiger partial charge in [-0.3, -0.25) is 10.0 Å². The molecule has 0 aromatic heterocycles. The Morgan fingerprint density at radius 2 is 1.84 bits per heavy atom. The van der Waals surface area contributed by atoms with Crippen LogP contribution in [0, 0.1) is 0 Å². The molecule has 1 saturated carbocycles. The maximum atomic E-state index is 15.5. The average molecular weight is 364 g/mol. The fourth-order valence-electron chi connectivity index (χ4n) is 3.57. The maximum absolute atomic E-state index is 15.5. The molecule has 2 N–H and O–H groups in total. The van der Waals surface area contributed by atoms with Gasteiger partial charge in [-0.05, 0) is 23.3 Å². The molecule has 0 spiro atoms. The molecule has 2 aromatic carbocycles. The topological polar surface area (TPSA) is 67.8 Å². The number of halogens is 2. The van der Waals surface area contributed by atoms with Crippen molar-refractivity contribution >= 4 is 17.5 Å². The van der Waals surface area contributed by atoms with Crippen LogP contribution >= 0.6 is 11.6 Å². The summed E-state index contributed by atoms with van der Waals surface area (Å²) in [5, 5.41) is 9.28. The zero-order chi connectivity index (χ0) is 17.6. The molecule has 1 amide bonds. The molecule has 1 heterocycles. The second-order valence-corrected chi connectivity index (χ2v) is 6.51. The molecule has 3 atom stereocenters. The second-order valence-electron chi connectivity index (χ2n) is 6.10.